The number of carboxylic acid groups (broad SMARTS) is 1. The Balaban J connectivity index is 1.29. The summed E-state index contributed by atoms with van der Waals surface area (Å²) >= 11 is 6.21. The number of rotatable bonds is 8. The molecule has 0 saturated heterocycles. The first kappa shape index (κ1) is 17.1. The van der Waals surface area contributed by atoms with E-state index in [-0.39, 0.29) is 6.54 Å². The van der Waals surface area contributed by atoms with Gasteiger partial charge in [-0.25, -0.2) is 0 Å². The molecule has 0 unspecified atom stereocenters. The van der Waals surface area contributed by atoms with E-state index in [9.17, 15) is 4.79 Å². The number of fused-ring (bicyclic) bond motifs is 1. The van der Waals surface area contributed by atoms with Crippen LogP contribution in [0.4, 0.5) is 0 Å². The first-order valence-corrected chi connectivity index (χ1v) is 9.59. The number of hydrogen-bond donors (Lipinski definition) is 2. The largest absolute Gasteiger partial charge is 0.493 e. The van der Waals surface area contributed by atoms with E-state index in [1.54, 1.807) is 0 Å². The highest BCUT2D eigenvalue weighted by atomic mass is 35.5. The standard InChI is InChI=1S/C19H25ClN2O3/c20-15-5-13-3-4-25-19(13)14(6-15)9-21-16-7-17(8-16)22(11-18(23)24)10-12-1-2-12/h5-6,12,16-17,21H,1-4,7-11H2,(H,23,24). The summed E-state index contributed by atoms with van der Waals surface area (Å²) in [6.07, 6.45) is 5.47. The Bertz CT molecular complexity index is 656. The van der Waals surface area contributed by atoms with Crippen molar-refractivity contribution in [2.24, 2.45) is 5.92 Å². The Morgan fingerprint density at radius 1 is 1.36 bits per heavy atom. The zero-order valence-electron chi connectivity index (χ0n) is 14.3. The lowest BCUT2D eigenvalue weighted by Crippen LogP contribution is -2.54. The molecule has 1 aromatic rings. The van der Waals surface area contributed by atoms with Gasteiger partial charge in [0.25, 0.3) is 0 Å². The second kappa shape index (κ2) is 7.14. The third kappa shape index (κ3) is 4.10. The van der Waals surface area contributed by atoms with E-state index in [4.69, 9.17) is 21.4 Å². The van der Waals surface area contributed by atoms with Crippen molar-refractivity contribution in [2.45, 2.75) is 50.7 Å². The Kier molecular flexibility index (Phi) is 4.89. The molecule has 0 spiro atoms. The lowest BCUT2D eigenvalue weighted by molar-refractivity contribution is -0.139. The van der Waals surface area contributed by atoms with Crippen molar-refractivity contribution in [3.8, 4) is 5.75 Å². The number of hydrogen-bond acceptors (Lipinski definition) is 4. The molecule has 2 aliphatic carbocycles. The average molecular weight is 365 g/mol. The van der Waals surface area contributed by atoms with Gasteiger partial charge in [-0.15, -0.1) is 0 Å². The van der Waals surface area contributed by atoms with E-state index in [0.29, 0.717) is 12.1 Å². The van der Waals surface area contributed by atoms with Gasteiger partial charge in [-0.1, -0.05) is 11.6 Å². The fraction of sp³-hybridized carbons (Fsp3) is 0.632. The van der Waals surface area contributed by atoms with Gasteiger partial charge < -0.3 is 15.2 Å². The lowest BCUT2D eigenvalue weighted by Gasteiger charge is -2.43. The number of carbonyl (C=O) groups is 1. The number of benzene rings is 1. The highest BCUT2D eigenvalue weighted by Gasteiger charge is 2.37. The minimum absolute atomic E-state index is 0.170. The molecule has 0 aromatic heterocycles. The van der Waals surface area contributed by atoms with Crippen LogP contribution in [-0.4, -0.2) is 47.8 Å². The average Bonchev–Trinajstić information content (AvgIpc) is 3.19. The summed E-state index contributed by atoms with van der Waals surface area (Å²) in [7, 11) is 0. The quantitative estimate of drug-likeness (QED) is 0.742. The molecule has 0 radical (unpaired) electrons. The van der Waals surface area contributed by atoms with Crippen molar-refractivity contribution in [3.05, 3.63) is 28.3 Å². The van der Waals surface area contributed by atoms with Crippen LogP contribution in [0.15, 0.2) is 12.1 Å². The lowest BCUT2D eigenvalue weighted by atomic mass is 9.85. The van der Waals surface area contributed by atoms with E-state index in [0.717, 1.165) is 61.2 Å². The summed E-state index contributed by atoms with van der Waals surface area (Å²) in [5.41, 5.74) is 2.33. The van der Waals surface area contributed by atoms with Crippen LogP contribution in [0, 0.1) is 5.92 Å². The van der Waals surface area contributed by atoms with Crippen LogP contribution in [0.1, 0.15) is 36.8 Å². The molecular formula is C19H25ClN2O3. The molecule has 2 N–H and O–H groups in total. The maximum atomic E-state index is 11.1. The molecule has 3 aliphatic rings. The van der Waals surface area contributed by atoms with Gasteiger partial charge in [0.1, 0.15) is 5.75 Å². The highest BCUT2D eigenvalue weighted by molar-refractivity contribution is 6.30. The van der Waals surface area contributed by atoms with Gasteiger partial charge in [-0.2, -0.15) is 0 Å². The van der Waals surface area contributed by atoms with Crippen molar-refractivity contribution >= 4 is 17.6 Å². The second-order valence-electron chi connectivity index (χ2n) is 7.62. The first-order chi connectivity index (χ1) is 12.1. The fourth-order valence-corrected chi connectivity index (χ4v) is 4.20. The number of aliphatic carboxylic acids is 1. The molecule has 6 heteroatoms. The van der Waals surface area contributed by atoms with Gasteiger partial charge in [0.05, 0.1) is 13.2 Å². The second-order valence-corrected chi connectivity index (χ2v) is 8.06. The maximum absolute atomic E-state index is 11.1. The Morgan fingerprint density at radius 3 is 2.88 bits per heavy atom. The highest BCUT2D eigenvalue weighted by Crippen LogP contribution is 2.35. The van der Waals surface area contributed by atoms with E-state index in [2.05, 4.69) is 10.2 Å². The maximum Gasteiger partial charge on any atom is 0.317 e. The van der Waals surface area contributed by atoms with Gasteiger partial charge in [-0.3, -0.25) is 9.69 Å². The van der Waals surface area contributed by atoms with Crippen LogP contribution in [0.3, 0.4) is 0 Å². The van der Waals surface area contributed by atoms with Crippen molar-refractivity contribution in [3.63, 3.8) is 0 Å². The topological polar surface area (TPSA) is 61.8 Å². The molecule has 2 fully saturated rings. The van der Waals surface area contributed by atoms with Crippen molar-refractivity contribution < 1.29 is 14.6 Å². The van der Waals surface area contributed by atoms with Crippen LogP contribution in [0.2, 0.25) is 5.02 Å². The summed E-state index contributed by atoms with van der Waals surface area (Å²) in [5, 5.41) is 13.5. The minimum atomic E-state index is -0.719. The number of nitrogens with one attached hydrogen (secondary N) is 1. The number of ether oxygens (including phenoxy) is 1. The third-order valence-corrected chi connectivity index (χ3v) is 5.78. The summed E-state index contributed by atoms with van der Waals surface area (Å²) in [6, 6.07) is 4.82. The predicted octanol–water partition coefficient (Wildman–Crippen LogP) is 2.69. The van der Waals surface area contributed by atoms with Crippen LogP contribution in [0.5, 0.6) is 5.75 Å². The van der Waals surface area contributed by atoms with Gasteiger partial charge in [0, 0.05) is 42.2 Å². The van der Waals surface area contributed by atoms with Crippen LogP contribution >= 0.6 is 11.6 Å². The van der Waals surface area contributed by atoms with Crippen LogP contribution < -0.4 is 10.1 Å². The Hall–Kier alpha value is -1.30. The SMILES string of the molecule is O=C(O)CN(CC1CC1)C1CC(NCc2cc(Cl)cc3c2OCC3)C1. The van der Waals surface area contributed by atoms with Crippen molar-refractivity contribution in [1.82, 2.24) is 10.2 Å². The van der Waals surface area contributed by atoms with Gasteiger partial charge in [0.2, 0.25) is 0 Å². The van der Waals surface area contributed by atoms with E-state index < -0.39 is 5.97 Å². The number of nitrogens with zero attached hydrogens (tertiary/aromatic N) is 1. The van der Waals surface area contributed by atoms with Gasteiger partial charge in [-0.05, 0) is 49.3 Å². The van der Waals surface area contributed by atoms with Crippen LogP contribution in [-0.2, 0) is 17.8 Å². The molecule has 0 amide bonds. The number of halogens is 1. The van der Waals surface area contributed by atoms with E-state index in [1.165, 1.54) is 18.4 Å². The molecule has 4 rings (SSSR count). The van der Waals surface area contributed by atoms with Gasteiger partial charge >= 0.3 is 5.97 Å². The molecular weight excluding hydrogens is 340 g/mol. The Morgan fingerprint density at radius 2 is 2.16 bits per heavy atom. The molecule has 0 atom stereocenters. The van der Waals surface area contributed by atoms with Crippen molar-refractivity contribution in [1.29, 1.82) is 0 Å². The van der Waals surface area contributed by atoms with E-state index in [1.807, 2.05) is 12.1 Å². The zero-order chi connectivity index (χ0) is 17.4. The van der Waals surface area contributed by atoms with Crippen LogP contribution in [0.25, 0.3) is 0 Å². The summed E-state index contributed by atoms with van der Waals surface area (Å²) in [5.74, 6) is 0.996. The molecule has 1 aliphatic heterocycles. The molecule has 5 nitrogen and oxygen atoms in total. The first-order valence-electron chi connectivity index (χ1n) is 9.22. The normalized spacial score (nSPS) is 24.7. The minimum Gasteiger partial charge on any atom is -0.493 e. The monoisotopic (exact) mass is 364 g/mol. The predicted molar refractivity (Wildman–Crippen MR) is 96.2 cm³/mol. The molecule has 0 bridgehead atoms. The molecule has 1 aromatic carbocycles. The number of carboxylic acids is 1. The van der Waals surface area contributed by atoms with Gasteiger partial charge in [0.15, 0.2) is 0 Å². The zero-order valence-corrected chi connectivity index (χ0v) is 15.1. The molecule has 136 valence electrons. The Labute approximate surface area is 153 Å². The summed E-state index contributed by atoms with van der Waals surface area (Å²) in [4.78, 5) is 13.3. The van der Waals surface area contributed by atoms with E-state index >= 15 is 0 Å². The molecule has 2 saturated carbocycles. The fourth-order valence-electron chi connectivity index (χ4n) is 3.93. The summed E-state index contributed by atoms with van der Waals surface area (Å²) in [6.45, 7) is 2.60. The third-order valence-electron chi connectivity index (χ3n) is 5.56. The molecule has 1 heterocycles. The molecule has 25 heavy (non-hydrogen) atoms. The van der Waals surface area contributed by atoms with Crippen molar-refractivity contribution in [2.75, 3.05) is 19.7 Å². The summed E-state index contributed by atoms with van der Waals surface area (Å²) < 4.78 is 5.75. The smallest absolute Gasteiger partial charge is 0.317 e.